The molecular formula is C11H20N5O13P3. The molecule has 18 nitrogen and oxygen atoms in total. The molecule has 3 heterocycles. The van der Waals surface area contributed by atoms with Crippen LogP contribution in [0, 0.1) is 0 Å². The number of amidine groups is 1. The van der Waals surface area contributed by atoms with Gasteiger partial charge >= 0.3 is 23.5 Å². The van der Waals surface area contributed by atoms with E-state index in [1.807, 2.05) is 0 Å². The highest BCUT2D eigenvalue weighted by molar-refractivity contribution is 7.66. The van der Waals surface area contributed by atoms with E-state index in [1.54, 1.807) is 0 Å². The molecule has 0 aliphatic carbocycles. The smallest absolute Gasteiger partial charge is 0.387 e. The number of hydrogen-bond donors (Lipinski definition) is 7. The lowest BCUT2D eigenvalue weighted by Crippen LogP contribution is -2.51. The Hall–Kier alpha value is -1.10. The number of aliphatic hydroxyl groups excluding tert-OH is 2. The van der Waals surface area contributed by atoms with Crippen LogP contribution < -0.4 is 5.73 Å². The van der Waals surface area contributed by atoms with Crippen molar-refractivity contribution in [3.63, 3.8) is 0 Å². The monoisotopic (exact) mass is 523 g/mol. The molecule has 3 aliphatic heterocycles. The summed E-state index contributed by atoms with van der Waals surface area (Å²) in [5.41, 5.74) is 3.89. The van der Waals surface area contributed by atoms with E-state index in [-0.39, 0.29) is 5.84 Å². The number of ether oxygens (including phenoxy) is 1. The van der Waals surface area contributed by atoms with E-state index in [4.69, 9.17) is 20.3 Å². The Labute approximate surface area is 179 Å². The maximum Gasteiger partial charge on any atom is 0.490 e. The zero-order valence-electron chi connectivity index (χ0n) is 16.0. The zero-order chi connectivity index (χ0) is 24.1. The van der Waals surface area contributed by atoms with Crippen LogP contribution in [0.25, 0.3) is 0 Å². The van der Waals surface area contributed by atoms with Crippen LogP contribution in [0.2, 0.25) is 0 Å². The third kappa shape index (κ3) is 5.51. The second-order valence-electron chi connectivity index (χ2n) is 7.01. The van der Waals surface area contributed by atoms with Crippen LogP contribution in [0.3, 0.4) is 0 Å². The maximum atomic E-state index is 11.9. The van der Waals surface area contributed by atoms with Gasteiger partial charge in [0.2, 0.25) is 0 Å². The molecule has 8 N–H and O–H groups in total. The standard InChI is InChI=1S/C11H20N5O13P3/c1-11(2-26-31(22,23)29-32(24,25)28-30(19,20)21)7(18)6(17)10(27-11)16-4-15-5-8(12)13-3-14-9(5)16/h3-7,9-10,17-18H,2H2,1H3,(H,22,23)(H,24,25)(H2,12,13,14)(H2,19,20,21)/t5?,6?,7?,9?,10?,11-/m1/s1. The fourth-order valence-corrected chi connectivity index (χ4v) is 6.22. The summed E-state index contributed by atoms with van der Waals surface area (Å²) in [6.45, 7) is 0.216. The van der Waals surface area contributed by atoms with Crippen LogP contribution in [-0.4, -0.2) is 96.1 Å². The predicted octanol–water partition coefficient (Wildman–Crippen LogP) is -2.40. The number of nitrogens with zero attached hydrogens (tertiary/aromatic N) is 4. The van der Waals surface area contributed by atoms with Crippen LogP contribution in [-0.2, 0) is 31.6 Å². The lowest BCUT2D eigenvalue weighted by molar-refractivity contribution is -0.127. The van der Waals surface area contributed by atoms with Gasteiger partial charge in [-0.1, -0.05) is 0 Å². The number of aliphatic hydroxyl groups is 2. The molecule has 0 aromatic rings. The average Bonchev–Trinajstić information content (AvgIpc) is 3.14. The number of phosphoric acid groups is 3. The van der Waals surface area contributed by atoms with E-state index in [9.17, 15) is 33.7 Å². The minimum absolute atomic E-state index is 0.159. The fourth-order valence-electron chi connectivity index (χ4n) is 3.11. The summed E-state index contributed by atoms with van der Waals surface area (Å²) in [5, 5.41) is 20.9. The lowest BCUT2D eigenvalue weighted by atomic mass is 9.98. The van der Waals surface area contributed by atoms with Crippen molar-refractivity contribution in [2.45, 2.75) is 43.2 Å². The molecule has 0 aromatic heterocycles. The van der Waals surface area contributed by atoms with Gasteiger partial charge < -0.3 is 45.2 Å². The summed E-state index contributed by atoms with van der Waals surface area (Å²) in [6, 6.07) is -0.658. The fraction of sp³-hybridized carbons (Fsp3) is 0.727. The molecule has 8 atom stereocenters. The number of hydrogen-bond acceptors (Lipinski definition) is 14. The number of rotatable bonds is 8. The molecular weight excluding hydrogens is 503 g/mol. The molecule has 7 unspecified atom stereocenters. The van der Waals surface area contributed by atoms with Crippen molar-refractivity contribution in [2.24, 2.45) is 20.7 Å². The van der Waals surface area contributed by atoms with Gasteiger partial charge in [-0.15, -0.1) is 0 Å². The predicted molar refractivity (Wildman–Crippen MR) is 103 cm³/mol. The third-order valence-corrected chi connectivity index (χ3v) is 8.32. The molecule has 32 heavy (non-hydrogen) atoms. The first-order valence-corrected chi connectivity index (χ1v) is 13.0. The first kappa shape index (κ1) is 25.5. The molecule has 21 heteroatoms. The van der Waals surface area contributed by atoms with Gasteiger partial charge in [-0.3, -0.25) is 9.52 Å². The van der Waals surface area contributed by atoms with Gasteiger partial charge in [-0.2, -0.15) is 8.62 Å². The highest BCUT2D eigenvalue weighted by Gasteiger charge is 2.56. The van der Waals surface area contributed by atoms with Crippen molar-refractivity contribution in [1.29, 1.82) is 0 Å². The normalized spacial score (nSPS) is 38.3. The Morgan fingerprint density at radius 3 is 2.44 bits per heavy atom. The van der Waals surface area contributed by atoms with Gasteiger partial charge in [0.05, 0.1) is 12.9 Å². The molecule has 1 fully saturated rings. The topological polar surface area (TPSA) is 276 Å². The SMILES string of the molecule is C[C@]1(COP(=O)(O)OP(=O)(O)OP(=O)(O)O)OC(N2C=NC3C(N)=NC=NC32)C(O)C1O. The van der Waals surface area contributed by atoms with E-state index in [0.29, 0.717) is 0 Å². The van der Waals surface area contributed by atoms with Gasteiger partial charge in [0.25, 0.3) is 0 Å². The molecule has 0 saturated carbocycles. The number of nitrogens with two attached hydrogens (primary N) is 1. The van der Waals surface area contributed by atoms with Gasteiger partial charge in [-0.05, 0) is 6.92 Å². The van der Waals surface area contributed by atoms with Crippen LogP contribution in [0.15, 0.2) is 15.0 Å². The summed E-state index contributed by atoms with van der Waals surface area (Å²) in [5.74, 6) is 0.159. The maximum absolute atomic E-state index is 11.9. The van der Waals surface area contributed by atoms with E-state index in [0.717, 1.165) is 0 Å². The summed E-state index contributed by atoms with van der Waals surface area (Å²) >= 11 is 0. The van der Waals surface area contributed by atoms with Crippen molar-refractivity contribution in [2.75, 3.05) is 6.61 Å². The van der Waals surface area contributed by atoms with Crippen LogP contribution in [0.1, 0.15) is 6.92 Å². The minimum atomic E-state index is -5.72. The molecule has 0 radical (unpaired) electrons. The molecule has 0 bridgehead atoms. The molecule has 0 aromatic carbocycles. The highest BCUT2D eigenvalue weighted by atomic mass is 31.3. The Balaban J connectivity index is 1.67. The van der Waals surface area contributed by atoms with Crippen molar-refractivity contribution >= 4 is 42.0 Å². The quantitative estimate of drug-likeness (QED) is 0.163. The summed E-state index contributed by atoms with van der Waals surface area (Å²) in [7, 11) is -16.7. The summed E-state index contributed by atoms with van der Waals surface area (Å²) < 4.78 is 51.4. The second kappa shape index (κ2) is 8.60. The summed E-state index contributed by atoms with van der Waals surface area (Å²) in [4.78, 5) is 49.2. The first-order chi connectivity index (χ1) is 14.5. The van der Waals surface area contributed by atoms with Crippen LogP contribution >= 0.6 is 23.5 Å². The molecule has 182 valence electrons. The number of aliphatic imine (C=N–C) groups is 3. The van der Waals surface area contributed by atoms with Crippen LogP contribution in [0.5, 0.6) is 0 Å². The Morgan fingerprint density at radius 2 is 1.81 bits per heavy atom. The Morgan fingerprint density at radius 1 is 1.16 bits per heavy atom. The summed E-state index contributed by atoms with van der Waals surface area (Å²) in [6.07, 6.45) is -2.84. The average molecular weight is 523 g/mol. The zero-order valence-corrected chi connectivity index (χ0v) is 18.7. The minimum Gasteiger partial charge on any atom is -0.387 e. The molecule has 0 amide bonds. The Bertz CT molecular complexity index is 985. The van der Waals surface area contributed by atoms with Gasteiger partial charge in [0.1, 0.15) is 36.0 Å². The van der Waals surface area contributed by atoms with E-state index in [1.165, 1.54) is 24.5 Å². The van der Waals surface area contributed by atoms with E-state index < -0.39 is 66.3 Å². The highest BCUT2D eigenvalue weighted by Crippen LogP contribution is 2.66. The lowest BCUT2D eigenvalue weighted by Gasteiger charge is -2.32. The third-order valence-electron chi connectivity index (χ3n) is 4.53. The number of phosphoric ester groups is 1. The molecule has 0 spiro atoms. The number of fused-ring (bicyclic) bond motifs is 1. The Kier molecular flexibility index (Phi) is 6.86. The van der Waals surface area contributed by atoms with Crippen LogP contribution in [0.4, 0.5) is 0 Å². The molecule has 1 saturated heterocycles. The van der Waals surface area contributed by atoms with Crippen molar-refractivity contribution < 1.29 is 61.4 Å². The van der Waals surface area contributed by atoms with E-state index in [2.05, 4.69) is 28.1 Å². The largest absolute Gasteiger partial charge is 0.490 e. The van der Waals surface area contributed by atoms with Crippen molar-refractivity contribution in [1.82, 2.24) is 4.90 Å². The van der Waals surface area contributed by atoms with Crippen molar-refractivity contribution in [3.05, 3.63) is 0 Å². The van der Waals surface area contributed by atoms with Gasteiger partial charge in [0.15, 0.2) is 12.4 Å². The van der Waals surface area contributed by atoms with Gasteiger partial charge in [0, 0.05) is 0 Å². The molecule has 3 rings (SSSR count). The second-order valence-corrected chi connectivity index (χ2v) is 11.4. The van der Waals surface area contributed by atoms with Crippen molar-refractivity contribution in [3.8, 4) is 0 Å². The van der Waals surface area contributed by atoms with Gasteiger partial charge in [-0.25, -0.2) is 23.7 Å². The molecule has 3 aliphatic rings. The first-order valence-electron chi connectivity index (χ1n) is 8.51. The van der Waals surface area contributed by atoms with E-state index >= 15 is 0 Å².